The van der Waals surface area contributed by atoms with Crippen molar-refractivity contribution in [2.75, 3.05) is 0 Å². The summed E-state index contributed by atoms with van der Waals surface area (Å²) in [7, 11) is 0. The van der Waals surface area contributed by atoms with Gasteiger partial charge >= 0.3 is 5.56 Å². The zero-order chi connectivity index (χ0) is 23.2. The summed E-state index contributed by atoms with van der Waals surface area (Å²) in [6, 6.07) is 23.2. The first-order chi connectivity index (χ1) is 16.6. The highest BCUT2D eigenvalue weighted by molar-refractivity contribution is 6.35. The standard InChI is InChI=1S/C26H19ClN6O/c1-17-6-2-3-9-22(17)33-26(34)24-23(30-33)20-7-4-8-21(27)25(20)32(29-24)16-18-10-12-19(13-11-18)31-15-5-14-28-31/h2-15H,16H2,1H3. The zero-order valence-corrected chi connectivity index (χ0v) is 19.0. The highest BCUT2D eigenvalue weighted by atomic mass is 35.5. The Kier molecular flexibility index (Phi) is 4.78. The maximum absolute atomic E-state index is 13.4. The van der Waals surface area contributed by atoms with Gasteiger partial charge in [-0.1, -0.05) is 54.1 Å². The molecule has 0 N–H and O–H groups in total. The van der Waals surface area contributed by atoms with Gasteiger partial charge in [-0.15, -0.1) is 0 Å². The zero-order valence-electron chi connectivity index (χ0n) is 18.3. The smallest absolute Gasteiger partial charge is 0.265 e. The molecule has 6 rings (SSSR count). The van der Waals surface area contributed by atoms with Crippen molar-refractivity contribution in [1.29, 1.82) is 0 Å². The van der Waals surface area contributed by atoms with E-state index in [0.29, 0.717) is 23.0 Å². The molecular weight excluding hydrogens is 448 g/mol. The molecule has 0 saturated heterocycles. The molecule has 0 bridgehead atoms. The summed E-state index contributed by atoms with van der Waals surface area (Å²) < 4.78 is 5.02. The fraction of sp³-hybridized carbons (Fsp3) is 0.0769. The van der Waals surface area contributed by atoms with Crippen LogP contribution in [0, 0.1) is 6.92 Å². The predicted octanol–water partition coefficient (Wildman–Crippen LogP) is 4.88. The second kappa shape index (κ2) is 7.97. The monoisotopic (exact) mass is 466 g/mol. The second-order valence-electron chi connectivity index (χ2n) is 8.11. The summed E-state index contributed by atoms with van der Waals surface area (Å²) in [5.41, 5.74) is 5.01. The van der Waals surface area contributed by atoms with Crippen molar-refractivity contribution in [1.82, 2.24) is 29.3 Å². The summed E-state index contributed by atoms with van der Waals surface area (Å²) in [5, 5.41) is 15.0. The molecule has 3 heterocycles. The van der Waals surface area contributed by atoms with Crippen molar-refractivity contribution in [3.63, 3.8) is 0 Å². The van der Waals surface area contributed by atoms with Crippen LogP contribution in [-0.2, 0) is 6.54 Å². The molecule has 4 aromatic rings. The molecular formula is C26H19ClN6O. The van der Waals surface area contributed by atoms with E-state index in [9.17, 15) is 4.79 Å². The highest BCUT2D eigenvalue weighted by Crippen LogP contribution is 2.31. The van der Waals surface area contributed by atoms with E-state index in [4.69, 9.17) is 16.7 Å². The van der Waals surface area contributed by atoms with Crippen molar-refractivity contribution in [3.8, 4) is 22.8 Å². The van der Waals surface area contributed by atoms with Gasteiger partial charge in [0, 0.05) is 17.8 Å². The lowest BCUT2D eigenvalue weighted by molar-refractivity contribution is 0.699. The molecule has 2 aliphatic heterocycles. The third kappa shape index (κ3) is 3.29. The van der Waals surface area contributed by atoms with Crippen LogP contribution in [0.25, 0.3) is 33.7 Å². The van der Waals surface area contributed by atoms with Gasteiger partial charge in [0.1, 0.15) is 5.69 Å². The van der Waals surface area contributed by atoms with Crippen LogP contribution in [0.4, 0.5) is 0 Å². The minimum atomic E-state index is -0.256. The van der Waals surface area contributed by atoms with Crippen LogP contribution in [0.3, 0.4) is 0 Å². The van der Waals surface area contributed by atoms with Crippen molar-refractivity contribution in [2.45, 2.75) is 13.5 Å². The van der Waals surface area contributed by atoms with Gasteiger partial charge in [-0.25, -0.2) is 4.68 Å². The predicted molar refractivity (Wildman–Crippen MR) is 132 cm³/mol. The van der Waals surface area contributed by atoms with Gasteiger partial charge in [-0.3, -0.25) is 9.48 Å². The summed E-state index contributed by atoms with van der Waals surface area (Å²) in [5.74, 6) is 0. The van der Waals surface area contributed by atoms with Crippen molar-refractivity contribution < 1.29 is 0 Å². The van der Waals surface area contributed by atoms with Crippen LogP contribution >= 0.6 is 11.6 Å². The van der Waals surface area contributed by atoms with E-state index in [1.54, 1.807) is 15.6 Å². The molecule has 0 aliphatic carbocycles. The van der Waals surface area contributed by atoms with Crippen LogP contribution in [0.1, 0.15) is 11.1 Å². The Balaban J connectivity index is 1.51. The molecule has 0 fully saturated rings. The summed E-state index contributed by atoms with van der Waals surface area (Å²) >= 11 is 6.63. The molecule has 3 aromatic carbocycles. The van der Waals surface area contributed by atoms with Crippen molar-refractivity contribution >= 4 is 22.5 Å². The van der Waals surface area contributed by atoms with Gasteiger partial charge in [0.15, 0.2) is 5.69 Å². The molecule has 166 valence electrons. The lowest BCUT2D eigenvalue weighted by Crippen LogP contribution is -2.18. The molecule has 1 aromatic heterocycles. The summed E-state index contributed by atoms with van der Waals surface area (Å²) in [6.45, 7) is 2.40. The number of nitrogens with zero attached hydrogens (tertiary/aromatic N) is 6. The van der Waals surface area contributed by atoms with E-state index in [-0.39, 0.29) is 5.56 Å². The van der Waals surface area contributed by atoms with E-state index in [1.165, 1.54) is 4.68 Å². The third-order valence-electron chi connectivity index (χ3n) is 5.92. The average molecular weight is 467 g/mol. The normalized spacial score (nSPS) is 11.5. The molecule has 7 nitrogen and oxygen atoms in total. The van der Waals surface area contributed by atoms with Gasteiger partial charge in [-0.05, 0) is 48.4 Å². The number of benzene rings is 3. The van der Waals surface area contributed by atoms with E-state index >= 15 is 0 Å². The molecule has 0 saturated carbocycles. The largest absolute Gasteiger partial charge is 0.301 e. The third-order valence-corrected chi connectivity index (χ3v) is 6.23. The van der Waals surface area contributed by atoms with E-state index in [1.807, 2.05) is 85.9 Å². The lowest BCUT2D eigenvalue weighted by atomic mass is 10.1. The molecule has 8 heteroatoms. The SMILES string of the molecule is Cc1ccccc1-n1nc2c3cccc(Cl)c3n(Cc3ccc(-n4cccn4)cc3)nc-2c1=O. The molecule has 0 atom stereocenters. The second-order valence-corrected chi connectivity index (χ2v) is 8.52. The van der Waals surface area contributed by atoms with Gasteiger partial charge in [0.05, 0.1) is 28.5 Å². The number of aryl methyl sites for hydroxylation is 1. The Morgan fingerprint density at radius 3 is 2.47 bits per heavy atom. The van der Waals surface area contributed by atoms with Crippen molar-refractivity contribution in [3.05, 3.63) is 112 Å². The fourth-order valence-corrected chi connectivity index (χ4v) is 4.50. The maximum atomic E-state index is 13.4. The van der Waals surface area contributed by atoms with Crippen LogP contribution in [0.15, 0.2) is 90.0 Å². The van der Waals surface area contributed by atoms with Crippen LogP contribution < -0.4 is 5.56 Å². The first-order valence-corrected chi connectivity index (χ1v) is 11.2. The minimum absolute atomic E-state index is 0.256. The Bertz CT molecular complexity index is 1660. The number of hydrogen-bond acceptors (Lipinski definition) is 4. The van der Waals surface area contributed by atoms with Gasteiger partial charge in [0.25, 0.3) is 0 Å². The first-order valence-electron chi connectivity index (χ1n) is 10.8. The number of aromatic nitrogens is 6. The minimum Gasteiger partial charge on any atom is -0.265 e. The Labute approximate surface area is 199 Å². The average Bonchev–Trinajstić information content (AvgIpc) is 3.49. The molecule has 0 amide bonds. The number of halogens is 1. The van der Waals surface area contributed by atoms with Gasteiger partial charge in [0.2, 0.25) is 0 Å². The quantitative estimate of drug-likeness (QED) is 0.371. The number of fused-ring (bicyclic) bond motifs is 3. The molecule has 0 radical (unpaired) electrons. The lowest BCUT2D eigenvalue weighted by Gasteiger charge is -2.14. The molecule has 0 unspecified atom stereocenters. The van der Waals surface area contributed by atoms with Crippen LogP contribution in [0.2, 0.25) is 5.02 Å². The Morgan fingerprint density at radius 2 is 1.71 bits per heavy atom. The Hall–Kier alpha value is -4.23. The molecule has 0 spiro atoms. The molecule has 34 heavy (non-hydrogen) atoms. The number of para-hydroxylation sites is 2. The van der Waals surface area contributed by atoms with E-state index in [2.05, 4.69) is 10.2 Å². The van der Waals surface area contributed by atoms with Crippen LogP contribution in [-0.4, -0.2) is 29.3 Å². The highest BCUT2D eigenvalue weighted by Gasteiger charge is 2.24. The first kappa shape index (κ1) is 20.4. The van der Waals surface area contributed by atoms with Gasteiger partial charge < -0.3 is 0 Å². The number of rotatable bonds is 4. The summed E-state index contributed by atoms with van der Waals surface area (Å²) in [6.07, 6.45) is 3.64. The number of hydrogen-bond donors (Lipinski definition) is 0. The topological polar surface area (TPSA) is 70.5 Å². The van der Waals surface area contributed by atoms with E-state index < -0.39 is 0 Å². The van der Waals surface area contributed by atoms with Crippen molar-refractivity contribution in [2.24, 2.45) is 0 Å². The van der Waals surface area contributed by atoms with Gasteiger partial charge in [-0.2, -0.15) is 20.0 Å². The summed E-state index contributed by atoms with van der Waals surface area (Å²) in [4.78, 5) is 13.4. The fourth-order valence-electron chi connectivity index (χ4n) is 4.23. The maximum Gasteiger partial charge on any atom is 0.301 e. The van der Waals surface area contributed by atoms with E-state index in [0.717, 1.165) is 33.4 Å². The van der Waals surface area contributed by atoms with Crippen LogP contribution in [0.5, 0.6) is 0 Å². The molecule has 2 aliphatic rings. The Morgan fingerprint density at radius 1 is 0.882 bits per heavy atom.